The molecule has 5 heteroatoms. The molecule has 1 amide bonds. The third-order valence-corrected chi connectivity index (χ3v) is 3.12. The fourth-order valence-corrected chi connectivity index (χ4v) is 2.12. The van der Waals surface area contributed by atoms with Gasteiger partial charge in [0.15, 0.2) is 0 Å². The summed E-state index contributed by atoms with van der Waals surface area (Å²) in [6, 6.07) is 9.36. The van der Waals surface area contributed by atoms with Crippen LogP contribution in [0.15, 0.2) is 53.9 Å². The van der Waals surface area contributed by atoms with Crippen molar-refractivity contribution < 1.29 is 9.18 Å². The van der Waals surface area contributed by atoms with E-state index in [-0.39, 0.29) is 5.91 Å². The Kier molecular flexibility index (Phi) is 3.25. The zero-order chi connectivity index (χ0) is 13.9. The number of hydrogen-bond donors (Lipinski definition) is 0. The molecule has 1 aliphatic rings. The molecule has 4 nitrogen and oxygen atoms in total. The van der Waals surface area contributed by atoms with E-state index in [2.05, 4.69) is 10.1 Å². The van der Waals surface area contributed by atoms with Crippen LogP contribution >= 0.6 is 0 Å². The predicted octanol–water partition coefficient (Wildman–Crippen LogP) is 2.47. The summed E-state index contributed by atoms with van der Waals surface area (Å²) in [4.78, 5) is 16.2. The molecule has 3 rings (SSSR count). The highest BCUT2D eigenvalue weighted by Gasteiger charge is 2.22. The van der Waals surface area contributed by atoms with Gasteiger partial charge in [-0.3, -0.25) is 9.78 Å². The fourth-order valence-electron chi connectivity index (χ4n) is 2.12. The average Bonchev–Trinajstić information content (AvgIpc) is 2.97. The van der Waals surface area contributed by atoms with Gasteiger partial charge in [0.05, 0.1) is 12.3 Å². The quantitative estimate of drug-likeness (QED) is 0.840. The summed E-state index contributed by atoms with van der Waals surface area (Å²) in [6.07, 6.45) is 4.06. The lowest BCUT2D eigenvalue weighted by atomic mass is 10.1. The Balaban J connectivity index is 1.83. The van der Waals surface area contributed by atoms with Crippen molar-refractivity contribution >= 4 is 11.6 Å². The van der Waals surface area contributed by atoms with E-state index in [1.165, 1.54) is 23.2 Å². The van der Waals surface area contributed by atoms with Crippen molar-refractivity contribution in [2.75, 3.05) is 6.54 Å². The summed E-state index contributed by atoms with van der Waals surface area (Å²) >= 11 is 0. The Morgan fingerprint density at radius 3 is 2.75 bits per heavy atom. The van der Waals surface area contributed by atoms with Gasteiger partial charge in [0.1, 0.15) is 5.82 Å². The first kappa shape index (κ1) is 12.5. The molecule has 2 aromatic rings. The molecule has 0 saturated heterocycles. The third-order valence-electron chi connectivity index (χ3n) is 3.12. The van der Waals surface area contributed by atoms with E-state index in [0.717, 1.165) is 11.3 Å². The lowest BCUT2D eigenvalue weighted by Gasteiger charge is -2.11. The standard InChI is InChI=1S/C15H12FN3O/c16-13-3-1-2-12(10-13)15(20)19-9-6-14(18-19)11-4-7-17-8-5-11/h1-5,7-8,10H,6,9H2. The molecule has 0 fully saturated rings. The molecule has 0 aliphatic carbocycles. The molecule has 2 heterocycles. The van der Waals surface area contributed by atoms with Crippen molar-refractivity contribution in [1.29, 1.82) is 0 Å². The van der Waals surface area contributed by atoms with Crippen molar-refractivity contribution in [2.45, 2.75) is 6.42 Å². The number of amides is 1. The van der Waals surface area contributed by atoms with E-state index in [1.54, 1.807) is 18.5 Å². The molecule has 1 aromatic heterocycles. The molecule has 0 bridgehead atoms. The van der Waals surface area contributed by atoms with Gasteiger partial charge in [-0.2, -0.15) is 5.10 Å². The minimum Gasteiger partial charge on any atom is -0.267 e. The number of carbonyl (C=O) groups excluding carboxylic acids is 1. The first-order chi connectivity index (χ1) is 9.74. The first-order valence-electron chi connectivity index (χ1n) is 6.29. The maximum atomic E-state index is 13.1. The number of pyridine rings is 1. The summed E-state index contributed by atoms with van der Waals surface area (Å²) in [5.41, 5.74) is 2.11. The molecule has 100 valence electrons. The van der Waals surface area contributed by atoms with E-state index >= 15 is 0 Å². The van der Waals surface area contributed by atoms with E-state index in [4.69, 9.17) is 0 Å². The monoisotopic (exact) mass is 269 g/mol. The van der Waals surface area contributed by atoms with Crippen LogP contribution in [0.1, 0.15) is 22.3 Å². The predicted molar refractivity (Wildman–Crippen MR) is 72.8 cm³/mol. The van der Waals surface area contributed by atoms with Crippen LogP contribution in [0.4, 0.5) is 4.39 Å². The topological polar surface area (TPSA) is 45.6 Å². The minimum absolute atomic E-state index is 0.284. The van der Waals surface area contributed by atoms with Crippen molar-refractivity contribution in [3.8, 4) is 0 Å². The van der Waals surface area contributed by atoms with Crippen molar-refractivity contribution in [3.63, 3.8) is 0 Å². The molecule has 0 unspecified atom stereocenters. The number of hydrazone groups is 1. The van der Waals surface area contributed by atoms with E-state index in [9.17, 15) is 9.18 Å². The lowest BCUT2D eigenvalue weighted by molar-refractivity contribution is 0.0778. The second-order valence-electron chi connectivity index (χ2n) is 4.47. The Bertz CT molecular complexity index is 670. The second kappa shape index (κ2) is 5.21. The summed E-state index contributed by atoms with van der Waals surface area (Å²) < 4.78 is 13.1. The van der Waals surface area contributed by atoms with E-state index in [0.29, 0.717) is 18.5 Å². The van der Waals surface area contributed by atoms with Gasteiger partial charge in [-0.15, -0.1) is 0 Å². The Labute approximate surface area is 115 Å². The number of carbonyl (C=O) groups is 1. The van der Waals surface area contributed by atoms with Gasteiger partial charge < -0.3 is 0 Å². The summed E-state index contributed by atoms with van der Waals surface area (Å²) in [7, 11) is 0. The van der Waals surface area contributed by atoms with Crippen LogP contribution in [-0.4, -0.2) is 28.2 Å². The molecule has 0 saturated carbocycles. The van der Waals surface area contributed by atoms with Crippen LogP contribution in [0.3, 0.4) is 0 Å². The zero-order valence-electron chi connectivity index (χ0n) is 10.7. The molecule has 1 aliphatic heterocycles. The number of hydrogen-bond acceptors (Lipinski definition) is 3. The van der Waals surface area contributed by atoms with Crippen LogP contribution in [0.25, 0.3) is 0 Å². The number of nitrogens with zero attached hydrogens (tertiary/aromatic N) is 3. The van der Waals surface area contributed by atoms with Crippen LogP contribution in [0, 0.1) is 5.82 Å². The van der Waals surface area contributed by atoms with Gasteiger partial charge in [0.2, 0.25) is 0 Å². The maximum absolute atomic E-state index is 13.1. The van der Waals surface area contributed by atoms with Crippen LogP contribution in [0.5, 0.6) is 0 Å². The highest BCUT2D eigenvalue weighted by atomic mass is 19.1. The summed E-state index contributed by atoms with van der Waals surface area (Å²) in [5, 5.41) is 5.69. The van der Waals surface area contributed by atoms with Gasteiger partial charge in [0, 0.05) is 29.9 Å². The average molecular weight is 269 g/mol. The highest BCUT2D eigenvalue weighted by molar-refractivity contribution is 6.04. The van der Waals surface area contributed by atoms with Gasteiger partial charge in [-0.1, -0.05) is 6.07 Å². The van der Waals surface area contributed by atoms with Crippen LogP contribution in [0.2, 0.25) is 0 Å². The van der Waals surface area contributed by atoms with Gasteiger partial charge in [-0.05, 0) is 30.3 Å². The van der Waals surface area contributed by atoms with Crippen LogP contribution < -0.4 is 0 Å². The van der Waals surface area contributed by atoms with E-state index in [1.807, 2.05) is 12.1 Å². The molecular weight excluding hydrogens is 257 g/mol. The SMILES string of the molecule is O=C(c1cccc(F)c1)N1CCC(c2ccncc2)=N1. The zero-order valence-corrected chi connectivity index (χ0v) is 10.7. The largest absolute Gasteiger partial charge is 0.274 e. The molecule has 0 spiro atoms. The number of benzene rings is 1. The van der Waals surface area contributed by atoms with Gasteiger partial charge in [-0.25, -0.2) is 9.40 Å². The molecule has 1 aromatic carbocycles. The second-order valence-corrected chi connectivity index (χ2v) is 4.47. The Hall–Kier alpha value is -2.56. The van der Waals surface area contributed by atoms with Crippen LogP contribution in [-0.2, 0) is 0 Å². The number of aromatic nitrogens is 1. The maximum Gasteiger partial charge on any atom is 0.274 e. The van der Waals surface area contributed by atoms with E-state index < -0.39 is 5.82 Å². The van der Waals surface area contributed by atoms with Crippen molar-refractivity contribution in [3.05, 3.63) is 65.7 Å². The van der Waals surface area contributed by atoms with Gasteiger partial charge >= 0.3 is 0 Å². The third kappa shape index (κ3) is 2.42. The van der Waals surface area contributed by atoms with Gasteiger partial charge in [0.25, 0.3) is 5.91 Å². The number of rotatable bonds is 2. The molecule has 0 N–H and O–H groups in total. The fraction of sp³-hybridized carbons (Fsp3) is 0.133. The molecule has 0 radical (unpaired) electrons. The summed E-state index contributed by atoms with van der Waals surface area (Å²) in [5.74, 6) is -0.707. The highest BCUT2D eigenvalue weighted by Crippen LogP contribution is 2.16. The lowest BCUT2D eigenvalue weighted by Crippen LogP contribution is -2.23. The normalized spacial score (nSPS) is 14.2. The van der Waals surface area contributed by atoms with Crippen molar-refractivity contribution in [1.82, 2.24) is 9.99 Å². The minimum atomic E-state index is -0.423. The Morgan fingerprint density at radius 1 is 1.20 bits per heavy atom. The Morgan fingerprint density at radius 2 is 2.00 bits per heavy atom. The smallest absolute Gasteiger partial charge is 0.267 e. The molecular formula is C15H12FN3O. The molecule has 0 atom stereocenters. The summed E-state index contributed by atoms with van der Waals surface area (Å²) in [6.45, 7) is 0.507. The number of halogens is 1. The first-order valence-corrected chi connectivity index (χ1v) is 6.29. The van der Waals surface area contributed by atoms with Crippen molar-refractivity contribution in [2.24, 2.45) is 5.10 Å². The molecule has 20 heavy (non-hydrogen) atoms.